The Hall–Kier alpha value is -2.51. The average Bonchev–Trinajstić information content (AvgIpc) is 2.68. The minimum Gasteiger partial charge on any atom is -0.296 e. The molecule has 0 spiro atoms. The molecule has 0 unspecified atom stereocenters. The monoisotopic (exact) mass is 425 g/mol. The van der Waals surface area contributed by atoms with Crippen molar-refractivity contribution < 1.29 is 8.42 Å². The van der Waals surface area contributed by atoms with Gasteiger partial charge in [0.2, 0.25) is 10.0 Å². The van der Waals surface area contributed by atoms with Crippen LogP contribution in [-0.4, -0.2) is 35.4 Å². The van der Waals surface area contributed by atoms with Gasteiger partial charge in [0.05, 0.1) is 22.1 Å². The molecule has 4 rings (SSSR count). The summed E-state index contributed by atoms with van der Waals surface area (Å²) in [7, 11) is -3.57. The number of benzene rings is 2. The highest BCUT2D eigenvalue weighted by Gasteiger charge is 2.32. The third-order valence-electron chi connectivity index (χ3n) is 6.03. The first-order valence-corrected chi connectivity index (χ1v) is 11.7. The Balaban J connectivity index is 1.60. The van der Waals surface area contributed by atoms with Gasteiger partial charge in [0, 0.05) is 19.1 Å². The number of aromatic nitrogens is 2. The topological polar surface area (TPSA) is 72.3 Å². The maximum absolute atomic E-state index is 13.3. The highest BCUT2D eigenvalue weighted by Crippen LogP contribution is 2.30. The summed E-state index contributed by atoms with van der Waals surface area (Å²) in [4.78, 5) is 17.9. The van der Waals surface area contributed by atoms with E-state index in [-0.39, 0.29) is 11.6 Å². The van der Waals surface area contributed by atoms with Gasteiger partial charge in [-0.2, -0.15) is 4.31 Å². The van der Waals surface area contributed by atoms with E-state index in [1.807, 2.05) is 52.0 Å². The minimum absolute atomic E-state index is 0.0541. The van der Waals surface area contributed by atoms with Crippen molar-refractivity contribution >= 4 is 20.9 Å². The zero-order chi connectivity index (χ0) is 21.6. The summed E-state index contributed by atoms with van der Waals surface area (Å²) in [5, 5.41) is 0.610. The molecule has 1 aliphatic heterocycles. The van der Waals surface area contributed by atoms with Crippen LogP contribution in [0.3, 0.4) is 0 Å². The summed E-state index contributed by atoms with van der Waals surface area (Å²) in [6.07, 6.45) is 2.78. The molecule has 0 saturated carbocycles. The normalized spacial score (nSPS) is 16.3. The molecule has 30 heavy (non-hydrogen) atoms. The quantitative estimate of drug-likeness (QED) is 0.642. The van der Waals surface area contributed by atoms with E-state index in [0.717, 1.165) is 27.8 Å². The van der Waals surface area contributed by atoms with Crippen molar-refractivity contribution in [2.24, 2.45) is 0 Å². The van der Waals surface area contributed by atoms with Crippen LogP contribution >= 0.6 is 0 Å². The van der Waals surface area contributed by atoms with Gasteiger partial charge in [0.1, 0.15) is 0 Å². The van der Waals surface area contributed by atoms with Gasteiger partial charge in [-0.15, -0.1) is 0 Å². The zero-order valence-electron chi connectivity index (χ0n) is 17.8. The number of hydrogen-bond donors (Lipinski definition) is 0. The van der Waals surface area contributed by atoms with Crippen LogP contribution in [-0.2, 0) is 10.0 Å². The summed E-state index contributed by atoms with van der Waals surface area (Å²) in [6, 6.07) is 9.38. The van der Waals surface area contributed by atoms with Crippen molar-refractivity contribution in [1.29, 1.82) is 0 Å². The maximum atomic E-state index is 13.3. The maximum Gasteiger partial charge on any atom is 0.261 e. The fourth-order valence-corrected chi connectivity index (χ4v) is 6.52. The Morgan fingerprint density at radius 1 is 0.967 bits per heavy atom. The molecule has 0 atom stereocenters. The van der Waals surface area contributed by atoms with Gasteiger partial charge in [-0.1, -0.05) is 29.8 Å². The molecule has 158 valence electrons. The predicted molar refractivity (Wildman–Crippen MR) is 118 cm³/mol. The van der Waals surface area contributed by atoms with Crippen LogP contribution in [0.15, 0.2) is 46.3 Å². The van der Waals surface area contributed by atoms with E-state index in [1.54, 1.807) is 21.3 Å². The van der Waals surface area contributed by atoms with Gasteiger partial charge in [-0.25, -0.2) is 13.4 Å². The van der Waals surface area contributed by atoms with Gasteiger partial charge < -0.3 is 0 Å². The first kappa shape index (κ1) is 20.8. The van der Waals surface area contributed by atoms with Crippen LogP contribution in [0.2, 0.25) is 0 Å². The number of hydrogen-bond acceptors (Lipinski definition) is 4. The molecule has 1 aromatic heterocycles. The number of piperidine rings is 1. The molecule has 0 amide bonds. The van der Waals surface area contributed by atoms with Crippen LogP contribution in [0.5, 0.6) is 0 Å². The Kier molecular flexibility index (Phi) is 5.28. The predicted octanol–water partition coefficient (Wildman–Crippen LogP) is 3.66. The molecule has 0 radical (unpaired) electrons. The van der Waals surface area contributed by atoms with Crippen LogP contribution in [0.25, 0.3) is 10.9 Å². The van der Waals surface area contributed by atoms with Crippen LogP contribution in [0, 0.1) is 27.7 Å². The number of para-hydroxylation sites is 1. The molecule has 0 aliphatic carbocycles. The van der Waals surface area contributed by atoms with Gasteiger partial charge in [-0.05, 0) is 63.3 Å². The van der Waals surface area contributed by atoms with E-state index in [1.165, 1.54) is 0 Å². The third-order valence-corrected chi connectivity index (χ3v) is 8.24. The second kappa shape index (κ2) is 7.63. The molecule has 1 saturated heterocycles. The van der Waals surface area contributed by atoms with Crippen LogP contribution < -0.4 is 5.56 Å². The smallest absolute Gasteiger partial charge is 0.261 e. The molecule has 1 fully saturated rings. The van der Waals surface area contributed by atoms with E-state index < -0.39 is 10.0 Å². The standard InChI is InChI=1S/C23H27N3O3S/c1-15-12-17(3)22(18(4)13-15)30(28,29)25-10-8-19(9-11-25)26-14-24-21-16(2)6-5-7-20(21)23(26)27/h5-7,12-14,19H,8-11H2,1-4H3. The van der Waals surface area contributed by atoms with Crippen molar-refractivity contribution in [3.05, 3.63) is 69.3 Å². The minimum atomic E-state index is -3.57. The van der Waals surface area contributed by atoms with Crippen molar-refractivity contribution in [1.82, 2.24) is 13.9 Å². The Morgan fingerprint density at radius 2 is 1.60 bits per heavy atom. The lowest BCUT2D eigenvalue weighted by atomic mass is 10.1. The van der Waals surface area contributed by atoms with Gasteiger partial charge >= 0.3 is 0 Å². The molecule has 3 aromatic rings. The third kappa shape index (κ3) is 3.46. The second-order valence-electron chi connectivity index (χ2n) is 8.29. The SMILES string of the molecule is Cc1cc(C)c(S(=O)(=O)N2CCC(n3cnc4c(C)cccc4c3=O)CC2)c(C)c1. The van der Waals surface area contributed by atoms with Crippen molar-refractivity contribution in [2.45, 2.75) is 51.5 Å². The van der Waals surface area contributed by atoms with Gasteiger partial charge in [0.25, 0.3) is 5.56 Å². The Morgan fingerprint density at radius 3 is 2.23 bits per heavy atom. The largest absolute Gasteiger partial charge is 0.296 e. The lowest BCUT2D eigenvalue weighted by Gasteiger charge is -2.32. The number of nitrogens with zero attached hydrogens (tertiary/aromatic N) is 3. The molecule has 2 heterocycles. The zero-order valence-corrected chi connectivity index (χ0v) is 18.7. The first-order valence-electron chi connectivity index (χ1n) is 10.2. The molecule has 6 nitrogen and oxygen atoms in total. The fourth-order valence-electron chi connectivity index (χ4n) is 4.64. The summed E-state index contributed by atoms with van der Waals surface area (Å²) < 4.78 is 29.8. The number of fused-ring (bicyclic) bond motifs is 1. The molecular formula is C23H27N3O3S. The van der Waals surface area contributed by atoms with Crippen molar-refractivity contribution in [2.75, 3.05) is 13.1 Å². The molecular weight excluding hydrogens is 398 g/mol. The van der Waals surface area contributed by atoms with E-state index in [9.17, 15) is 13.2 Å². The highest BCUT2D eigenvalue weighted by molar-refractivity contribution is 7.89. The molecule has 7 heteroatoms. The Bertz CT molecular complexity index is 1260. The average molecular weight is 426 g/mol. The summed E-state index contributed by atoms with van der Waals surface area (Å²) >= 11 is 0. The highest BCUT2D eigenvalue weighted by atomic mass is 32.2. The van der Waals surface area contributed by atoms with E-state index in [0.29, 0.717) is 36.2 Å². The van der Waals surface area contributed by atoms with E-state index in [4.69, 9.17) is 0 Å². The Labute approximate surface area is 177 Å². The lowest BCUT2D eigenvalue weighted by Crippen LogP contribution is -2.41. The molecule has 0 bridgehead atoms. The van der Waals surface area contributed by atoms with Crippen LogP contribution in [0.1, 0.15) is 41.1 Å². The van der Waals surface area contributed by atoms with Crippen molar-refractivity contribution in [3.63, 3.8) is 0 Å². The second-order valence-corrected chi connectivity index (χ2v) is 10.2. The molecule has 1 aliphatic rings. The number of sulfonamides is 1. The van der Waals surface area contributed by atoms with E-state index >= 15 is 0 Å². The van der Waals surface area contributed by atoms with Gasteiger partial charge in [0.15, 0.2) is 0 Å². The van der Waals surface area contributed by atoms with Gasteiger partial charge in [-0.3, -0.25) is 9.36 Å². The van der Waals surface area contributed by atoms with Crippen molar-refractivity contribution in [3.8, 4) is 0 Å². The fraction of sp³-hybridized carbons (Fsp3) is 0.391. The molecule has 0 N–H and O–H groups in total. The summed E-state index contributed by atoms with van der Waals surface area (Å²) in [5.74, 6) is 0. The summed E-state index contributed by atoms with van der Waals surface area (Å²) in [6.45, 7) is 8.39. The van der Waals surface area contributed by atoms with Crippen LogP contribution in [0.4, 0.5) is 0 Å². The lowest BCUT2D eigenvalue weighted by molar-refractivity contribution is 0.269. The molecule has 2 aromatic carbocycles. The van der Waals surface area contributed by atoms with E-state index in [2.05, 4.69) is 4.98 Å². The first-order chi connectivity index (χ1) is 14.2. The summed E-state index contributed by atoms with van der Waals surface area (Å²) in [5.41, 5.74) is 4.25. The number of aryl methyl sites for hydroxylation is 4. The number of rotatable bonds is 3.